The number of nitrogens with one attached hydrogen (secondary N) is 1. The zero-order valence-electron chi connectivity index (χ0n) is 14.6. The minimum absolute atomic E-state index is 0.00267. The highest BCUT2D eigenvalue weighted by molar-refractivity contribution is 5.99. The highest BCUT2D eigenvalue weighted by Crippen LogP contribution is 2.27. The standard InChI is InChI=1S/C18H16F3N5O2/c19-12-3-1-11(2-4-12)14-9-15(16(20)21)26-17(23-14)13(10-22-26)18(27)24-25-5-7-28-8-6-25/h1-4,9-10,16H,5-8H2,(H,24,27). The van der Waals surface area contributed by atoms with Gasteiger partial charge in [0.25, 0.3) is 12.3 Å². The Morgan fingerprint density at radius 1 is 1.18 bits per heavy atom. The molecule has 1 aromatic carbocycles. The lowest BCUT2D eigenvalue weighted by Crippen LogP contribution is -2.48. The number of hydrogen-bond donors (Lipinski definition) is 1. The molecule has 1 saturated heterocycles. The third-order valence-corrected chi connectivity index (χ3v) is 4.38. The molecule has 1 amide bonds. The van der Waals surface area contributed by atoms with Crippen molar-refractivity contribution in [2.45, 2.75) is 6.43 Å². The van der Waals surface area contributed by atoms with Gasteiger partial charge in [-0.1, -0.05) is 0 Å². The summed E-state index contributed by atoms with van der Waals surface area (Å²) >= 11 is 0. The third-order valence-electron chi connectivity index (χ3n) is 4.38. The normalized spacial score (nSPS) is 15.3. The van der Waals surface area contributed by atoms with Crippen LogP contribution in [0.15, 0.2) is 36.5 Å². The van der Waals surface area contributed by atoms with E-state index in [1.165, 1.54) is 36.5 Å². The first-order valence-corrected chi connectivity index (χ1v) is 8.59. The second-order valence-electron chi connectivity index (χ2n) is 6.21. The van der Waals surface area contributed by atoms with Crippen LogP contribution in [0.2, 0.25) is 0 Å². The zero-order chi connectivity index (χ0) is 19.7. The van der Waals surface area contributed by atoms with Gasteiger partial charge in [-0.3, -0.25) is 10.2 Å². The molecule has 146 valence electrons. The Kier molecular flexibility index (Phi) is 4.97. The number of benzene rings is 1. The average molecular weight is 391 g/mol. The maximum atomic E-state index is 13.6. The number of halogens is 3. The number of rotatable bonds is 4. The van der Waals surface area contributed by atoms with Crippen molar-refractivity contribution in [1.29, 1.82) is 0 Å². The summed E-state index contributed by atoms with van der Waals surface area (Å²) in [6.07, 6.45) is -1.63. The van der Waals surface area contributed by atoms with Crippen LogP contribution in [0, 0.1) is 5.82 Å². The lowest BCUT2D eigenvalue weighted by molar-refractivity contribution is 0.0126. The van der Waals surface area contributed by atoms with E-state index in [2.05, 4.69) is 15.5 Å². The SMILES string of the molecule is O=C(NN1CCOCC1)c1cnn2c(C(F)F)cc(-c3ccc(F)cc3)nc12. The molecule has 3 aromatic rings. The van der Waals surface area contributed by atoms with E-state index >= 15 is 0 Å². The number of hydrogen-bond acceptors (Lipinski definition) is 5. The Labute approximate surface area is 157 Å². The van der Waals surface area contributed by atoms with Gasteiger partial charge in [0.15, 0.2) is 5.65 Å². The van der Waals surface area contributed by atoms with E-state index < -0.39 is 23.8 Å². The van der Waals surface area contributed by atoms with Gasteiger partial charge >= 0.3 is 0 Å². The molecular weight excluding hydrogens is 375 g/mol. The average Bonchev–Trinajstić information content (AvgIpc) is 3.12. The summed E-state index contributed by atoms with van der Waals surface area (Å²) < 4.78 is 46.5. The summed E-state index contributed by atoms with van der Waals surface area (Å²) in [5, 5.41) is 5.60. The van der Waals surface area contributed by atoms with Gasteiger partial charge in [-0.2, -0.15) is 5.10 Å². The quantitative estimate of drug-likeness (QED) is 0.740. The molecule has 0 saturated carbocycles. The highest BCUT2D eigenvalue weighted by atomic mass is 19.3. The van der Waals surface area contributed by atoms with Gasteiger partial charge in [0, 0.05) is 18.7 Å². The number of alkyl halides is 2. The van der Waals surface area contributed by atoms with Crippen molar-refractivity contribution in [2.75, 3.05) is 26.3 Å². The van der Waals surface area contributed by atoms with E-state index in [-0.39, 0.29) is 16.9 Å². The molecule has 1 aliphatic rings. The number of morpholine rings is 1. The summed E-state index contributed by atoms with van der Waals surface area (Å²) in [6.45, 7) is 2.00. The first-order valence-electron chi connectivity index (χ1n) is 8.59. The van der Waals surface area contributed by atoms with E-state index in [1.54, 1.807) is 5.01 Å². The lowest BCUT2D eigenvalue weighted by Gasteiger charge is -2.26. The summed E-state index contributed by atoms with van der Waals surface area (Å²) in [5.74, 6) is -0.949. The maximum Gasteiger partial charge on any atom is 0.280 e. The number of aromatic nitrogens is 3. The summed E-state index contributed by atoms with van der Waals surface area (Å²) in [4.78, 5) is 17.0. The van der Waals surface area contributed by atoms with E-state index in [0.29, 0.717) is 31.9 Å². The van der Waals surface area contributed by atoms with Crippen LogP contribution in [0.1, 0.15) is 22.5 Å². The fourth-order valence-electron chi connectivity index (χ4n) is 2.95. The second-order valence-corrected chi connectivity index (χ2v) is 6.21. The van der Waals surface area contributed by atoms with Crippen LogP contribution in [0.5, 0.6) is 0 Å². The van der Waals surface area contributed by atoms with E-state index in [4.69, 9.17) is 4.74 Å². The van der Waals surface area contributed by atoms with E-state index in [9.17, 15) is 18.0 Å². The maximum absolute atomic E-state index is 13.6. The van der Waals surface area contributed by atoms with Crippen molar-refractivity contribution in [3.8, 4) is 11.3 Å². The molecule has 0 aliphatic carbocycles. The Balaban J connectivity index is 1.75. The molecule has 1 fully saturated rings. The molecule has 0 radical (unpaired) electrons. The van der Waals surface area contributed by atoms with Crippen LogP contribution in [0.25, 0.3) is 16.9 Å². The van der Waals surface area contributed by atoms with Crippen LogP contribution >= 0.6 is 0 Å². The Hall–Kier alpha value is -2.98. The van der Waals surface area contributed by atoms with Gasteiger partial charge in [-0.05, 0) is 30.3 Å². The predicted octanol–water partition coefficient (Wildman–Crippen LogP) is 2.45. The first-order chi connectivity index (χ1) is 13.5. The second kappa shape index (κ2) is 7.56. The number of amides is 1. The Bertz CT molecular complexity index is 1000. The molecule has 2 aromatic heterocycles. The lowest BCUT2D eigenvalue weighted by atomic mass is 10.1. The summed E-state index contributed by atoms with van der Waals surface area (Å²) in [7, 11) is 0. The van der Waals surface area contributed by atoms with Gasteiger partial charge in [0.05, 0.1) is 25.1 Å². The van der Waals surface area contributed by atoms with Gasteiger partial charge in [-0.15, -0.1) is 0 Å². The van der Waals surface area contributed by atoms with Gasteiger partial charge < -0.3 is 4.74 Å². The molecule has 1 N–H and O–H groups in total. The number of carbonyl (C=O) groups is 1. The molecule has 0 atom stereocenters. The van der Waals surface area contributed by atoms with Gasteiger partial charge in [-0.25, -0.2) is 27.7 Å². The van der Waals surface area contributed by atoms with E-state index in [1.807, 2.05) is 0 Å². The minimum atomic E-state index is -2.83. The summed E-state index contributed by atoms with van der Waals surface area (Å²) in [5.41, 5.74) is 3.02. The molecule has 3 heterocycles. The molecule has 28 heavy (non-hydrogen) atoms. The molecule has 0 bridgehead atoms. The topological polar surface area (TPSA) is 71.8 Å². The highest BCUT2D eigenvalue weighted by Gasteiger charge is 2.23. The van der Waals surface area contributed by atoms with Gasteiger partial charge in [0.2, 0.25) is 0 Å². The van der Waals surface area contributed by atoms with Crippen molar-refractivity contribution in [3.05, 3.63) is 53.6 Å². The van der Waals surface area contributed by atoms with Crippen molar-refractivity contribution in [2.24, 2.45) is 0 Å². The minimum Gasteiger partial charge on any atom is -0.379 e. The van der Waals surface area contributed by atoms with Gasteiger partial charge in [0.1, 0.15) is 17.1 Å². The number of fused-ring (bicyclic) bond motifs is 1. The van der Waals surface area contributed by atoms with Crippen molar-refractivity contribution < 1.29 is 22.7 Å². The number of ether oxygens (including phenoxy) is 1. The van der Waals surface area contributed by atoms with Crippen LogP contribution in [0.4, 0.5) is 13.2 Å². The Morgan fingerprint density at radius 3 is 2.57 bits per heavy atom. The molecule has 0 unspecified atom stereocenters. The molecule has 7 nitrogen and oxygen atoms in total. The fraction of sp³-hybridized carbons (Fsp3) is 0.278. The van der Waals surface area contributed by atoms with E-state index in [0.717, 1.165) is 4.52 Å². The monoisotopic (exact) mass is 391 g/mol. The van der Waals surface area contributed by atoms with Crippen molar-refractivity contribution in [3.63, 3.8) is 0 Å². The van der Waals surface area contributed by atoms with Crippen molar-refractivity contribution in [1.82, 2.24) is 25.0 Å². The summed E-state index contributed by atoms with van der Waals surface area (Å²) in [6, 6.07) is 6.49. The number of nitrogens with zero attached hydrogens (tertiary/aromatic N) is 4. The molecule has 4 rings (SSSR count). The molecule has 0 spiro atoms. The van der Waals surface area contributed by atoms with Crippen LogP contribution in [-0.2, 0) is 4.74 Å². The van der Waals surface area contributed by atoms with Crippen LogP contribution in [-0.4, -0.2) is 51.8 Å². The zero-order valence-corrected chi connectivity index (χ0v) is 14.6. The Morgan fingerprint density at radius 2 is 1.89 bits per heavy atom. The largest absolute Gasteiger partial charge is 0.379 e. The van der Waals surface area contributed by atoms with Crippen LogP contribution < -0.4 is 5.43 Å². The third kappa shape index (κ3) is 3.56. The fourth-order valence-corrected chi connectivity index (χ4v) is 2.95. The molecule has 10 heteroatoms. The van der Waals surface area contributed by atoms with Crippen LogP contribution in [0.3, 0.4) is 0 Å². The molecular formula is C18H16F3N5O2. The smallest absolute Gasteiger partial charge is 0.280 e. The molecule has 1 aliphatic heterocycles. The number of carbonyl (C=O) groups excluding carboxylic acids is 1. The predicted molar refractivity (Wildman–Crippen MR) is 93.2 cm³/mol. The van der Waals surface area contributed by atoms with Crippen molar-refractivity contribution >= 4 is 11.6 Å². The number of hydrazine groups is 1. The first kappa shape index (κ1) is 18.4.